The molecule has 2 fully saturated rings. The number of halogens is 3. The largest absolute Gasteiger partial charge is 0.505 e. The van der Waals surface area contributed by atoms with Gasteiger partial charge in [-0.1, -0.05) is 18.6 Å². The van der Waals surface area contributed by atoms with Crippen molar-refractivity contribution in [3.05, 3.63) is 39.8 Å². The molecule has 1 aliphatic heterocycles. The van der Waals surface area contributed by atoms with Gasteiger partial charge in [0, 0.05) is 13.1 Å². The van der Waals surface area contributed by atoms with Gasteiger partial charge in [-0.05, 0) is 56.6 Å². The minimum atomic E-state index is -4.25. The van der Waals surface area contributed by atoms with Crippen LogP contribution in [0.1, 0.15) is 61.7 Å². The molecule has 2 unspecified atom stereocenters. The molecule has 0 radical (unpaired) electrons. The highest BCUT2D eigenvalue weighted by Crippen LogP contribution is 2.43. The molecule has 36 heavy (non-hydrogen) atoms. The number of nitrogens with one attached hydrogen (secondary N) is 1. The van der Waals surface area contributed by atoms with E-state index in [0.717, 1.165) is 12.8 Å². The number of phenolic OH excluding ortho intramolecular Hbond substituents is 1. The van der Waals surface area contributed by atoms with Gasteiger partial charge in [0.25, 0.3) is 5.56 Å². The van der Waals surface area contributed by atoms with Crippen LogP contribution in [0.25, 0.3) is 0 Å². The Morgan fingerprint density at radius 2 is 1.89 bits per heavy atom. The molecule has 0 bridgehead atoms. The van der Waals surface area contributed by atoms with Gasteiger partial charge in [0.1, 0.15) is 11.4 Å². The minimum absolute atomic E-state index is 0.0705. The number of aromatic amines is 1. The number of aryl methyl sites for hydroxylation is 1. The summed E-state index contributed by atoms with van der Waals surface area (Å²) in [5.74, 6) is -1.47. The lowest BCUT2D eigenvalue weighted by Gasteiger charge is -2.32. The Morgan fingerprint density at radius 3 is 2.56 bits per heavy atom. The van der Waals surface area contributed by atoms with Crippen molar-refractivity contribution in [3.8, 4) is 5.75 Å². The number of hydrogen-bond acceptors (Lipinski definition) is 6. The lowest BCUT2D eigenvalue weighted by atomic mass is 9.77. The molecule has 1 saturated carbocycles. The number of para-hydroxylation sites is 1. The molecule has 196 valence electrons. The number of aromatic hydroxyl groups is 1. The first-order valence-electron chi connectivity index (χ1n) is 12.1. The smallest absolute Gasteiger partial charge is 0.401 e. The lowest BCUT2D eigenvalue weighted by Crippen LogP contribution is -2.41. The SMILES string of the molecule is Cc1[nH]n(C2CCN(CC(F)(F)F)CC2)c(=O)c1N=Nc1cccc(C2CCCC(C(=O)O)C2)c1O. The highest BCUT2D eigenvalue weighted by molar-refractivity contribution is 5.70. The number of hydrogen-bond donors (Lipinski definition) is 3. The Labute approximate surface area is 205 Å². The van der Waals surface area contributed by atoms with E-state index in [2.05, 4.69) is 15.3 Å². The van der Waals surface area contributed by atoms with Crippen molar-refractivity contribution in [2.45, 2.75) is 63.6 Å². The van der Waals surface area contributed by atoms with Gasteiger partial charge in [-0.15, -0.1) is 10.2 Å². The topological polar surface area (TPSA) is 123 Å². The van der Waals surface area contributed by atoms with Crippen LogP contribution in [0.3, 0.4) is 0 Å². The molecule has 12 heteroatoms. The van der Waals surface area contributed by atoms with Gasteiger partial charge in [0.2, 0.25) is 0 Å². The maximum absolute atomic E-state index is 13.0. The molecule has 2 atom stereocenters. The van der Waals surface area contributed by atoms with Crippen molar-refractivity contribution in [2.24, 2.45) is 16.1 Å². The van der Waals surface area contributed by atoms with Gasteiger partial charge >= 0.3 is 12.1 Å². The van der Waals surface area contributed by atoms with Crippen LogP contribution in [-0.2, 0) is 4.79 Å². The Kier molecular flexibility index (Phi) is 7.53. The number of carboxylic acids is 1. The first-order chi connectivity index (χ1) is 17.0. The number of aliphatic carboxylic acids is 1. The molecule has 4 rings (SSSR count). The average Bonchev–Trinajstić information content (AvgIpc) is 3.11. The molecule has 1 aliphatic carbocycles. The molecule has 3 N–H and O–H groups in total. The Hall–Kier alpha value is -3.15. The normalized spacial score (nSPS) is 22.3. The van der Waals surface area contributed by atoms with E-state index in [0.29, 0.717) is 36.9 Å². The van der Waals surface area contributed by atoms with E-state index in [1.54, 1.807) is 25.1 Å². The fourth-order valence-electron chi connectivity index (χ4n) is 5.28. The van der Waals surface area contributed by atoms with Gasteiger partial charge in [-0.3, -0.25) is 19.6 Å². The summed E-state index contributed by atoms with van der Waals surface area (Å²) >= 11 is 0. The van der Waals surface area contributed by atoms with Gasteiger partial charge in [-0.25, -0.2) is 4.68 Å². The first-order valence-corrected chi connectivity index (χ1v) is 12.1. The van der Waals surface area contributed by atoms with Crippen LogP contribution in [0.2, 0.25) is 0 Å². The van der Waals surface area contributed by atoms with E-state index >= 15 is 0 Å². The lowest BCUT2D eigenvalue weighted by molar-refractivity contribution is -0.148. The second-order valence-electron chi connectivity index (χ2n) is 9.70. The number of rotatable bonds is 6. The summed E-state index contributed by atoms with van der Waals surface area (Å²) in [4.78, 5) is 25.7. The average molecular weight is 510 g/mol. The van der Waals surface area contributed by atoms with E-state index in [1.165, 1.54) is 9.58 Å². The first kappa shape index (κ1) is 25.9. The molecule has 0 spiro atoms. The quantitative estimate of drug-likeness (QED) is 0.464. The van der Waals surface area contributed by atoms with Crippen LogP contribution >= 0.6 is 0 Å². The number of carboxylic acid groups (broad SMARTS) is 1. The predicted octanol–water partition coefficient (Wildman–Crippen LogP) is 5.16. The van der Waals surface area contributed by atoms with E-state index in [-0.39, 0.29) is 42.2 Å². The zero-order valence-corrected chi connectivity index (χ0v) is 20.0. The van der Waals surface area contributed by atoms with Crippen molar-refractivity contribution in [3.63, 3.8) is 0 Å². The number of H-pyrrole nitrogens is 1. The zero-order chi connectivity index (χ0) is 26.0. The van der Waals surface area contributed by atoms with Gasteiger partial charge in [0.15, 0.2) is 5.69 Å². The molecule has 2 heterocycles. The molecule has 2 aromatic rings. The maximum Gasteiger partial charge on any atom is 0.401 e. The van der Waals surface area contributed by atoms with Crippen molar-refractivity contribution in [2.75, 3.05) is 19.6 Å². The third-order valence-electron chi connectivity index (χ3n) is 7.16. The highest BCUT2D eigenvalue weighted by Gasteiger charge is 2.33. The number of benzene rings is 1. The highest BCUT2D eigenvalue weighted by atomic mass is 19.4. The summed E-state index contributed by atoms with van der Waals surface area (Å²) in [7, 11) is 0. The van der Waals surface area contributed by atoms with Crippen LogP contribution in [0.15, 0.2) is 33.2 Å². The fraction of sp³-hybridized carbons (Fsp3) is 0.583. The summed E-state index contributed by atoms with van der Waals surface area (Å²) < 4.78 is 39.3. The molecule has 1 aromatic carbocycles. The Balaban J connectivity index is 1.49. The molecule has 0 amide bonds. The van der Waals surface area contributed by atoms with Crippen LogP contribution in [0.4, 0.5) is 24.5 Å². The molecule has 1 aromatic heterocycles. The van der Waals surface area contributed by atoms with Crippen LogP contribution in [0.5, 0.6) is 5.75 Å². The van der Waals surface area contributed by atoms with E-state index < -0.39 is 30.2 Å². The summed E-state index contributed by atoms with van der Waals surface area (Å²) in [6.45, 7) is 1.17. The number of alkyl halides is 3. The second-order valence-corrected chi connectivity index (χ2v) is 9.70. The zero-order valence-electron chi connectivity index (χ0n) is 20.0. The standard InChI is InChI=1S/C24H30F3N5O4/c1-14-20(22(34)32(30-14)17-8-10-31(11-9-17)13-24(25,26)27)29-28-19-7-3-6-18(21(19)33)15-4-2-5-16(12-15)23(35)36/h3,6-7,15-17,30,33H,2,4-5,8-13H2,1H3,(H,35,36). The molecule has 1 saturated heterocycles. The van der Waals surface area contributed by atoms with Crippen LogP contribution in [0, 0.1) is 12.8 Å². The van der Waals surface area contributed by atoms with Crippen molar-refractivity contribution in [1.82, 2.24) is 14.7 Å². The number of azo groups is 1. The van der Waals surface area contributed by atoms with Gasteiger partial charge in [0.05, 0.1) is 24.2 Å². The number of aromatic nitrogens is 2. The minimum Gasteiger partial charge on any atom is -0.505 e. The summed E-state index contributed by atoms with van der Waals surface area (Å²) in [6, 6.07) is 4.76. The molecular weight excluding hydrogens is 479 g/mol. The molecule has 9 nitrogen and oxygen atoms in total. The summed E-state index contributed by atoms with van der Waals surface area (Å²) in [6.07, 6.45) is -0.884. The number of phenols is 1. The van der Waals surface area contributed by atoms with Crippen molar-refractivity contribution < 1.29 is 28.2 Å². The second kappa shape index (κ2) is 10.5. The summed E-state index contributed by atoms with van der Waals surface area (Å²) in [5.41, 5.74) is 0.913. The fourth-order valence-corrected chi connectivity index (χ4v) is 5.28. The Morgan fingerprint density at radius 1 is 1.17 bits per heavy atom. The van der Waals surface area contributed by atoms with Crippen LogP contribution < -0.4 is 5.56 Å². The third kappa shape index (κ3) is 5.80. The van der Waals surface area contributed by atoms with Gasteiger partial charge in [-0.2, -0.15) is 13.2 Å². The van der Waals surface area contributed by atoms with Gasteiger partial charge < -0.3 is 10.2 Å². The molecule has 2 aliphatic rings. The van der Waals surface area contributed by atoms with Crippen molar-refractivity contribution >= 4 is 17.3 Å². The van der Waals surface area contributed by atoms with E-state index in [1.807, 2.05) is 0 Å². The Bertz CT molecular complexity index is 1180. The number of piperidine rings is 1. The predicted molar refractivity (Wildman–Crippen MR) is 125 cm³/mol. The maximum atomic E-state index is 13.0. The summed E-state index contributed by atoms with van der Waals surface area (Å²) in [5, 5.41) is 31.4. The van der Waals surface area contributed by atoms with E-state index in [9.17, 15) is 33.0 Å². The molecular formula is C24H30F3N5O4. The number of nitrogens with zero attached hydrogens (tertiary/aromatic N) is 4. The number of likely N-dealkylation sites (tertiary alicyclic amines) is 1. The van der Waals surface area contributed by atoms with Crippen LogP contribution in [-0.4, -0.2) is 56.7 Å². The number of carbonyl (C=O) groups is 1. The van der Waals surface area contributed by atoms with Crippen molar-refractivity contribution in [1.29, 1.82) is 0 Å². The third-order valence-corrected chi connectivity index (χ3v) is 7.16. The monoisotopic (exact) mass is 509 g/mol. The van der Waals surface area contributed by atoms with E-state index in [4.69, 9.17) is 0 Å².